The highest BCUT2D eigenvalue weighted by atomic mass is 79.9. The number of esters is 1. The summed E-state index contributed by atoms with van der Waals surface area (Å²) in [6.07, 6.45) is -0.490. The lowest BCUT2D eigenvalue weighted by Crippen LogP contribution is -2.38. The lowest BCUT2D eigenvalue weighted by molar-refractivity contribution is -0.145. The maximum atomic E-state index is 12.1. The van der Waals surface area contributed by atoms with E-state index in [1.165, 1.54) is 16.2 Å². The summed E-state index contributed by atoms with van der Waals surface area (Å²) in [7, 11) is 1.59. The molecule has 22 heavy (non-hydrogen) atoms. The number of nitrogens with zero attached hydrogens (tertiary/aromatic N) is 2. The van der Waals surface area contributed by atoms with Crippen molar-refractivity contribution in [2.45, 2.75) is 39.2 Å². The SMILES string of the molecule is CCOC(=O)C(CN(C)C(=O)OC(C)(C)C)c1csc(Br)n1. The second kappa shape index (κ2) is 7.92. The first-order valence-corrected chi connectivity index (χ1v) is 8.53. The van der Waals surface area contributed by atoms with Crippen LogP contribution >= 0.6 is 27.3 Å². The molecule has 0 aromatic carbocycles. The molecule has 1 heterocycles. The first kappa shape index (κ1) is 18.9. The van der Waals surface area contributed by atoms with Gasteiger partial charge >= 0.3 is 12.1 Å². The average molecular weight is 393 g/mol. The van der Waals surface area contributed by atoms with Gasteiger partial charge in [0.25, 0.3) is 0 Å². The highest BCUT2D eigenvalue weighted by Gasteiger charge is 2.29. The van der Waals surface area contributed by atoms with Gasteiger partial charge in [0.15, 0.2) is 3.92 Å². The largest absolute Gasteiger partial charge is 0.465 e. The Kier molecular flexibility index (Phi) is 6.80. The van der Waals surface area contributed by atoms with Gasteiger partial charge in [0, 0.05) is 19.0 Å². The highest BCUT2D eigenvalue weighted by Crippen LogP contribution is 2.24. The summed E-state index contributed by atoms with van der Waals surface area (Å²) in [5.41, 5.74) is -0.0141. The van der Waals surface area contributed by atoms with E-state index in [0.717, 1.165) is 0 Å². The van der Waals surface area contributed by atoms with E-state index in [1.54, 1.807) is 40.1 Å². The van der Waals surface area contributed by atoms with E-state index < -0.39 is 23.6 Å². The Morgan fingerprint density at radius 2 is 2.09 bits per heavy atom. The van der Waals surface area contributed by atoms with Crippen molar-refractivity contribution in [3.8, 4) is 0 Å². The number of ether oxygens (including phenoxy) is 2. The maximum absolute atomic E-state index is 12.1. The molecular formula is C14H21BrN2O4S. The topological polar surface area (TPSA) is 68.7 Å². The molecule has 0 spiro atoms. The smallest absolute Gasteiger partial charge is 0.410 e. The fourth-order valence-corrected chi connectivity index (χ4v) is 2.72. The molecule has 1 atom stereocenters. The van der Waals surface area contributed by atoms with E-state index in [-0.39, 0.29) is 13.2 Å². The third-order valence-electron chi connectivity index (χ3n) is 2.58. The minimum absolute atomic E-state index is 0.143. The summed E-state index contributed by atoms with van der Waals surface area (Å²) in [6, 6.07) is 0. The van der Waals surface area contributed by atoms with Crippen LogP contribution in [-0.4, -0.2) is 47.7 Å². The molecule has 0 saturated heterocycles. The molecule has 0 fully saturated rings. The number of hydrogen-bond acceptors (Lipinski definition) is 6. The van der Waals surface area contributed by atoms with Gasteiger partial charge in [-0.1, -0.05) is 0 Å². The number of amides is 1. The van der Waals surface area contributed by atoms with Crippen molar-refractivity contribution in [3.05, 3.63) is 15.0 Å². The Morgan fingerprint density at radius 3 is 2.55 bits per heavy atom. The van der Waals surface area contributed by atoms with Crippen molar-refractivity contribution in [1.82, 2.24) is 9.88 Å². The van der Waals surface area contributed by atoms with E-state index in [2.05, 4.69) is 20.9 Å². The molecule has 124 valence electrons. The lowest BCUT2D eigenvalue weighted by atomic mass is 10.1. The minimum atomic E-state index is -0.639. The van der Waals surface area contributed by atoms with Gasteiger partial charge in [-0.3, -0.25) is 4.79 Å². The Bertz CT molecular complexity index is 527. The van der Waals surface area contributed by atoms with Gasteiger partial charge in [0.2, 0.25) is 0 Å². The Hall–Kier alpha value is -1.15. The van der Waals surface area contributed by atoms with Crippen molar-refractivity contribution in [1.29, 1.82) is 0 Å². The highest BCUT2D eigenvalue weighted by molar-refractivity contribution is 9.11. The molecule has 1 unspecified atom stereocenters. The summed E-state index contributed by atoms with van der Waals surface area (Å²) in [5.74, 6) is -1.05. The van der Waals surface area contributed by atoms with Crippen LogP contribution in [-0.2, 0) is 14.3 Å². The standard InChI is InChI=1S/C14H21BrN2O4S/c1-6-20-11(18)9(10-8-22-12(15)16-10)7-17(5)13(19)21-14(2,3)4/h8-9H,6-7H2,1-5H3. The molecule has 0 bridgehead atoms. The van der Waals surface area contributed by atoms with E-state index in [0.29, 0.717) is 9.61 Å². The number of rotatable bonds is 5. The van der Waals surface area contributed by atoms with Crippen LogP contribution in [0.3, 0.4) is 0 Å². The molecular weight excluding hydrogens is 372 g/mol. The number of hydrogen-bond donors (Lipinski definition) is 0. The second-order valence-electron chi connectivity index (χ2n) is 5.69. The molecule has 0 aliphatic rings. The van der Waals surface area contributed by atoms with Gasteiger partial charge in [-0.05, 0) is 43.6 Å². The Balaban J connectivity index is 2.84. The molecule has 1 rings (SSSR count). The number of halogens is 1. The van der Waals surface area contributed by atoms with Gasteiger partial charge < -0.3 is 14.4 Å². The van der Waals surface area contributed by atoms with Crippen molar-refractivity contribution < 1.29 is 19.1 Å². The van der Waals surface area contributed by atoms with E-state index in [1.807, 2.05) is 0 Å². The van der Waals surface area contributed by atoms with Crippen LogP contribution in [0.2, 0.25) is 0 Å². The molecule has 0 saturated carbocycles. The predicted molar refractivity (Wildman–Crippen MR) is 88.1 cm³/mol. The molecule has 0 radical (unpaired) electrons. The lowest BCUT2D eigenvalue weighted by Gasteiger charge is -2.26. The number of carbonyl (C=O) groups excluding carboxylic acids is 2. The summed E-state index contributed by atoms with van der Waals surface area (Å²) in [4.78, 5) is 29.8. The average Bonchev–Trinajstić information content (AvgIpc) is 2.80. The molecule has 1 aromatic rings. The van der Waals surface area contributed by atoms with Crippen LogP contribution in [0.4, 0.5) is 4.79 Å². The zero-order chi connectivity index (χ0) is 16.9. The van der Waals surface area contributed by atoms with Crippen molar-refractivity contribution in [2.75, 3.05) is 20.2 Å². The molecule has 1 amide bonds. The number of thiazole rings is 1. The predicted octanol–water partition coefficient (Wildman–Crippen LogP) is 3.42. The van der Waals surface area contributed by atoms with Crippen LogP contribution in [0.1, 0.15) is 39.3 Å². The van der Waals surface area contributed by atoms with Crippen LogP contribution in [0.25, 0.3) is 0 Å². The third-order valence-corrected chi connectivity index (χ3v) is 3.97. The maximum Gasteiger partial charge on any atom is 0.410 e. The molecule has 0 aliphatic heterocycles. The van der Waals surface area contributed by atoms with Crippen LogP contribution in [0, 0.1) is 0 Å². The Labute approximate surface area is 142 Å². The fourth-order valence-electron chi connectivity index (χ4n) is 1.64. The molecule has 1 aromatic heterocycles. The monoisotopic (exact) mass is 392 g/mol. The summed E-state index contributed by atoms with van der Waals surface area (Å²) in [6.45, 7) is 7.53. The van der Waals surface area contributed by atoms with Crippen LogP contribution in [0.5, 0.6) is 0 Å². The van der Waals surface area contributed by atoms with E-state index >= 15 is 0 Å². The summed E-state index contributed by atoms with van der Waals surface area (Å²) < 4.78 is 11.0. The van der Waals surface area contributed by atoms with Crippen molar-refractivity contribution in [3.63, 3.8) is 0 Å². The minimum Gasteiger partial charge on any atom is -0.465 e. The Morgan fingerprint density at radius 1 is 1.45 bits per heavy atom. The van der Waals surface area contributed by atoms with Gasteiger partial charge in [0.05, 0.1) is 12.3 Å². The summed E-state index contributed by atoms with van der Waals surface area (Å²) >= 11 is 4.65. The number of aromatic nitrogens is 1. The zero-order valence-corrected chi connectivity index (χ0v) is 15.8. The van der Waals surface area contributed by atoms with Crippen LogP contribution < -0.4 is 0 Å². The van der Waals surface area contributed by atoms with Gasteiger partial charge in [0.1, 0.15) is 11.5 Å². The molecule has 0 aliphatic carbocycles. The first-order valence-electron chi connectivity index (χ1n) is 6.85. The second-order valence-corrected chi connectivity index (χ2v) is 7.82. The first-order chi connectivity index (χ1) is 10.1. The van der Waals surface area contributed by atoms with Crippen LogP contribution in [0.15, 0.2) is 9.30 Å². The normalized spacial score (nSPS) is 12.6. The van der Waals surface area contributed by atoms with Gasteiger partial charge in [-0.2, -0.15) is 0 Å². The van der Waals surface area contributed by atoms with Crippen molar-refractivity contribution in [2.24, 2.45) is 0 Å². The molecule has 0 N–H and O–H groups in total. The summed E-state index contributed by atoms with van der Waals surface area (Å²) in [5, 5.41) is 1.77. The third kappa shape index (κ3) is 5.92. The number of carbonyl (C=O) groups is 2. The molecule has 6 nitrogen and oxygen atoms in total. The van der Waals surface area contributed by atoms with E-state index in [4.69, 9.17) is 9.47 Å². The van der Waals surface area contributed by atoms with Crippen molar-refractivity contribution >= 4 is 39.3 Å². The van der Waals surface area contributed by atoms with Gasteiger partial charge in [-0.15, -0.1) is 11.3 Å². The zero-order valence-electron chi connectivity index (χ0n) is 13.4. The van der Waals surface area contributed by atoms with E-state index in [9.17, 15) is 9.59 Å². The fraction of sp³-hybridized carbons (Fsp3) is 0.643. The van der Waals surface area contributed by atoms with Gasteiger partial charge in [-0.25, -0.2) is 9.78 Å². The molecule has 8 heteroatoms. The number of likely N-dealkylation sites (N-methyl/N-ethyl adjacent to an activating group) is 1. The quantitative estimate of drug-likeness (QED) is 0.717.